The lowest BCUT2D eigenvalue weighted by Crippen LogP contribution is -2.65. The van der Waals surface area contributed by atoms with Crippen molar-refractivity contribution in [3.8, 4) is 5.75 Å². The fourth-order valence-corrected chi connectivity index (χ4v) is 7.20. The van der Waals surface area contributed by atoms with Crippen molar-refractivity contribution in [1.29, 1.82) is 0 Å². The van der Waals surface area contributed by atoms with Gasteiger partial charge >= 0.3 is 0 Å². The molecule has 1 saturated carbocycles. The summed E-state index contributed by atoms with van der Waals surface area (Å²) < 4.78 is 7.51. The zero-order chi connectivity index (χ0) is 26.9. The molecule has 2 fully saturated rings. The summed E-state index contributed by atoms with van der Waals surface area (Å²) in [5, 5.41) is 4.38. The van der Waals surface area contributed by atoms with Crippen LogP contribution in [0.3, 0.4) is 0 Å². The number of methoxy groups -OCH3 is 1. The highest BCUT2D eigenvalue weighted by Crippen LogP contribution is 2.34. The van der Waals surface area contributed by atoms with Crippen molar-refractivity contribution >= 4 is 22.7 Å². The van der Waals surface area contributed by atoms with Gasteiger partial charge in [0.05, 0.1) is 19.2 Å². The smallest absolute Gasteiger partial charge is 0.271 e. The number of piperidine rings is 1. The van der Waals surface area contributed by atoms with E-state index in [2.05, 4.69) is 24.1 Å². The Labute approximate surface area is 227 Å². The fraction of sp³-hybridized carbons (Fsp3) is 0.677. The second kappa shape index (κ2) is 11.3. The SMILES string of the molecule is COc1ccc2cc3n(c2c1)C[C@](C)(C(=O)NC1CCCCCC1)N(CCCN1C[C@@H](C)C[C@H](C)C1)C3=O. The molecule has 0 unspecified atom stereocenters. The Kier molecular flexibility index (Phi) is 8.03. The van der Waals surface area contributed by atoms with E-state index in [1.54, 1.807) is 7.11 Å². The predicted molar refractivity (Wildman–Crippen MR) is 152 cm³/mol. The Balaban J connectivity index is 1.41. The molecule has 5 rings (SSSR count). The third-order valence-electron chi connectivity index (χ3n) is 9.12. The molecule has 3 atom stereocenters. The fourth-order valence-electron chi connectivity index (χ4n) is 7.20. The summed E-state index contributed by atoms with van der Waals surface area (Å²) in [7, 11) is 1.66. The monoisotopic (exact) mass is 522 g/mol. The molecule has 208 valence electrons. The molecule has 7 heteroatoms. The first-order chi connectivity index (χ1) is 18.3. The quantitative estimate of drug-likeness (QED) is 0.516. The molecule has 1 aromatic carbocycles. The van der Waals surface area contributed by atoms with E-state index in [1.165, 1.54) is 19.3 Å². The number of amides is 2. The van der Waals surface area contributed by atoms with Gasteiger partial charge in [-0.2, -0.15) is 0 Å². The highest BCUT2D eigenvalue weighted by molar-refractivity contribution is 6.03. The number of fused-ring (bicyclic) bond motifs is 3. The summed E-state index contributed by atoms with van der Waals surface area (Å²) in [5.74, 6) is 2.10. The number of hydrogen-bond acceptors (Lipinski definition) is 4. The molecule has 2 amide bonds. The van der Waals surface area contributed by atoms with Crippen LogP contribution in [0.5, 0.6) is 5.75 Å². The van der Waals surface area contributed by atoms with Gasteiger partial charge in [-0.25, -0.2) is 0 Å². The number of aromatic nitrogens is 1. The third-order valence-corrected chi connectivity index (χ3v) is 9.12. The van der Waals surface area contributed by atoms with Crippen LogP contribution in [0.4, 0.5) is 0 Å². The maximum Gasteiger partial charge on any atom is 0.271 e. The van der Waals surface area contributed by atoms with Crippen LogP contribution in [0.15, 0.2) is 24.3 Å². The molecule has 1 N–H and O–H groups in total. The molecule has 0 bridgehead atoms. The molecule has 2 aromatic rings. The molecule has 0 radical (unpaired) electrons. The van der Waals surface area contributed by atoms with Gasteiger partial charge in [0.15, 0.2) is 0 Å². The van der Waals surface area contributed by atoms with Crippen LogP contribution in [0.2, 0.25) is 0 Å². The van der Waals surface area contributed by atoms with Crippen LogP contribution in [-0.4, -0.2) is 71.1 Å². The number of nitrogens with one attached hydrogen (secondary N) is 1. The van der Waals surface area contributed by atoms with Gasteiger partial charge in [-0.15, -0.1) is 0 Å². The Morgan fingerprint density at radius 3 is 2.45 bits per heavy atom. The number of ether oxygens (including phenoxy) is 1. The van der Waals surface area contributed by atoms with Crippen molar-refractivity contribution in [3.05, 3.63) is 30.0 Å². The lowest BCUT2D eigenvalue weighted by molar-refractivity contribution is -0.133. The second-order valence-electron chi connectivity index (χ2n) is 12.5. The van der Waals surface area contributed by atoms with E-state index in [0.29, 0.717) is 30.6 Å². The summed E-state index contributed by atoms with van der Waals surface area (Å²) in [6.07, 6.45) is 8.99. The minimum Gasteiger partial charge on any atom is -0.497 e. The number of likely N-dealkylation sites (tertiary alicyclic amines) is 1. The summed E-state index contributed by atoms with van der Waals surface area (Å²) in [6.45, 7) is 10.9. The van der Waals surface area contributed by atoms with Crippen molar-refractivity contribution in [2.45, 2.75) is 90.3 Å². The van der Waals surface area contributed by atoms with E-state index in [-0.39, 0.29) is 17.9 Å². The number of rotatable bonds is 7. The van der Waals surface area contributed by atoms with Gasteiger partial charge in [-0.1, -0.05) is 39.5 Å². The largest absolute Gasteiger partial charge is 0.497 e. The zero-order valence-corrected chi connectivity index (χ0v) is 23.8. The first-order valence-electron chi connectivity index (χ1n) is 14.8. The molecule has 2 aliphatic heterocycles. The van der Waals surface area contributed by atoms with Crippen molar-refractivity contribution in [2.75, 3.05) is 33.3 Å². The minimum absolute atomic E-state index is 0.0200. The highest BCUT2D eigenvalue weighted by atomic mass is 16.5. The van der Waals surface area contributed by atoms with Gasteiger partial charge in [0.25, 0.3) is 5.91 Å². The standard InChI is InChI=1S/C31H46N4O3/c1-22-16-23(2)20-33(19-22)14-9-15-35-29(36)28-17-24-12-13-26(38-4)18-27(24)34(28)21-31(35,3)30(37)32-25-10-7-5-6-8-11-25/h12-13,17-18,22-23,25H,5-11,14-16,19-21H2,1-4H3,(H,32,37)/t22-,23-,31+/m0/s1. The second-order valence-corrected chi connectivity index (χ2v) is 12.5. The van der Waals surface area contributed by atoms with Gasteiger partial charge in [0.2, 0.25) is 5.91 Å². The normalized spacial score (nSPS) is 27.3. The molecular weight excluding hydrogens is 476 g/mol. The van der Waals surface area contributed by atoms with Crippen molar-refractivity contribution in [3.63, 3.8) is 0 Å². The van der Waals surface area contributed by atoms with Gasteiger partial charge < -0.3 is 24.4 Å². The van der Waals surface area contributed by atoms with Gasteiger partial charge in [0, 0.05) is 37.1 Å². The maximum atomic E-state index is 14.1. The first-order valence-corrected chi connectivity index (χ1v) is 14.8. The molecule has 1 aromatic heterocycles. The summed E-state index contributed by atoms with van der Waals surface area (Å²) in [5.41, 5.74) is 0.652. The van der Waals surface area contributed by atoms with Crippen LogP contribution < -0.4 is 10.1 Å². The summed E-state index contributed by atoms with van der Waals surface area (Å²) in [6, 6.07) is 8.07. The molecule has 1 saturated heterocycles. The molecule has 3 aliphatic rings. The molecule has 38 heavy (non-hydrogen) atoms. The van der Waals surface area contributed by atoms with Crippen LogP contribution in [-0.2, 0) is 11.3 Å². The average Bonchev–Trinajstić information content (AvgIpc) is 3.04. The van der Waals surface area contributed by atoms with Crippen molar-refractivity contribution < 1.29 is 14.3 Å². The first kappa shape index (κ1) is 27.0. The lowest BCUT2D eigenvalue weighted by atomic mass is 9.91. The molecule has 3 heterocycles. The number of carbonyl (C=O) groups excluding carboxylic acids is 2. The Bertz CT molecular complexity index is 1140. The molecule has 1 aliphatic carbocycles. The van der Waals surface area contributed by atoms with Gasteiger partial charge in [0.1, 0.15) is 17.0 Å². The van der Waals surface area contributed by atoms with Crippen molar-refractivity contribution in [2.24, 2.45) is 11.8 Å². The minimum atomic E-state index is -0.951. The number of carbonyl (C=O) groups is 2. The maximum absolute atomic E-state index is 14.1. The third kappa shape index (κ3) is 5.45. The van der Waals surface area contributed by atoms with E-state index in [4.69, 9.17) is 4.74 Å². The van der Waals surface area contributed by atoms with Crippen LogP contribution in [0.1, 0.15) is 82.6 Å². The number of benzene rings is 1. The van der Waals surface area contributed by atoms with E-state index < -0.39 is 5.54 Å². The van der Waals surface area contributed by atoms with Gasteiger partial charge in [-0.05, 0) is 69.2 Å². The number of hydrogen-bond donors (Lipinski definition) is 1. The van der Waals surface area contributed by atoms with Crippen LogP contribution >= 0.6 is 0 Å². The summed E-state index contributed by atoms with van der Waals surface area (Å²) in [4.78, 5) is 32.5. The van der Waals surface area contributed by atoms with Crippen LogP contribution in [0.25, 0.3) is 10.9 Å². The van der Waals surface area contributed by atoms with E-state index >= 15 is 0 Å². The number of nitrogens with zero attached hydrogens (tertiary/aromatic N) is 3. The molecular formula is C31H46N4O3. The lowest BCUT2D eigenvalue weighted by Gasteiger charge is -2.45. The Morgan fingerprint density at radius 2 is 1.76 bits per heavy atom. The predicted octanol–water partition coefficient (Wildman–Crippen LogP) is 5.07. The average molecular weight is 523 g/mol. The van der Waals surface area contributed by atoms with Crippen LogP contribution in [0, 0.1) is 11.8 Å². The molecule has 0 spiro atoms. The Hall–Kier alpha value is -2.54. The van der Waals surface area contributed by atoms with Crippen molar-refractivity contribution in [1.82, 2.24) is 19.7 Å². The summed E-state index contributed by atoms with van der Waals surface area (Å²) >= 11 is 0. The van der Waals surface area contributed by atoms with E-state index in [1.807, 2.05) is 40.7 Å². The topological polar surface area (TPSA) is 66.8 Å². The van der Waals surface area contributed by atoms with Gasteiger partial charge in [-0.3, -0.25) is 9.59 Å². The van der Waals surface area contributed by atoms with E-state index in [9.17, 15) is 9.59 Å². The highest BCUT2D eigenvalue weighted by Gasteiger charge is 2.48. The van der Waals surface area contributed by atoms with E-state index in [0.717, 1.165) is 68.4 Å². The Morgan fingerprint density at radius 1 is 1.05 bits per heavy atom. The zero-order valence-electron chi connectivity index (χ0n) is 23.8. The molecule has 7 nitrogen and oxygen atoms in total.